The maximum atomic E-state index is 11.3. The molecule has 0 spiro atoms. The normalized spacial score (nSPS) is 11.3. The average molecular weight is 294 g/mol. The van der Waals surface area contributed by atoms with Gasteiger partial charge in [0.1, 0.15) is 0 Å². The van der Waals surface area contributed by atoms with Crippen molar-refractivity contribution >= 4 is 21.4 Å². The number of aryl methyl sites for hydroxylation is 2. The van der Waals surface area contributed by atoms with Gasteiger partial charge in [-0.1, -0.05) is 12.1 Å². The highest BCUT2D eigenvalue weighted by atomic mass is 32.2. The molecule has 0 unspecified atom stereocenters. The third-order valence-electron chi connectivity index (χ3n) is 2.81. The van der Waals surface area contributed by atoms with Gasteiger partial charge < -0.3 is 5.32 Å². The number of nitrogens with one attached hydrogen (secondary N) is 2. The first-order valence-electron chi connectivity index (χ1n) is 6.15. The molecule has 1 heterocycles. The number of nitrogens with zero attached hydrogens (tertiary/aromatic N) is 2. The maximum absolute atomic E-state index is 11.3. The van der Waals surface area contributed by atoms with E-state index in [1.165, 1.54) is 0 Å². The summed E-state index contributed by atoms with van der Waals surface area (Å²) in [5.41, 5.74) is 3.30. The predicted octanol–water partition coefficient (Wildman–Crippen LogP) is 1.71. The molecule has 0 fully saturated rings. The minimum absolute atomic E-state index is 0.538. The van der Waals surface area contributed by atoms with E-state index in [1.807, 2.05) is 32.3 Å². The van der Waals surface area contributed by atoms with Crippen LogP contribution in [0.25, 0.3) is 0 Å². The highest BCUT2D eigenvalue weighted by Crippen LogP contribution is 2.22. The van der Waals surface area contributed by atoms with Gasteiger partial charge in [-0.25, -0.2) is 8.42 Å². The number of benzene rings is 1. The van der Waals surface area contributed by atoms with E-state index in [0.717, 1.165) is 23.2 Å². The van der Waals surface area contributed by atoms with Gasteiger partial charge in [0, 0.05) is 25.4 Å². The zero-order chi connectivity index (χ0) is 14.8. The average Bonchev–Trinajstić information content (AvgIpc) is 2.65. The third kappa shape index (κ3) is 3.74. The van der Waals surface area contributed by atoms with E-state index in [2.05, 4.69) is 15.1 Å². The van der Waals surface area contributed by atoms with Crippen molar-refractivity contribution in [3.8, 4) is 0 Å². The lowest BCUT2D eigenvalue weighted by Gasteiger charge is -2.12. The highest BCUT2D eigenvalue weighted by Gasteiger charge is 2.08. The van der Waals surface area contributed by atoms with Crippen LogP contribution in [-0.4, -0.2) is 24.5 Å². The van der Waals surface area contributed by atoms with Gasteiger partial charge in [0.05, 0.1) is 23.3 Å². The summed E-state index contributed by atoms with van der Waals surface area (Å²) in [6.45, 7) is 2.53. The number of hydrogen-bond donors (Lipinski definition) is 2. The summed E-state index contributed by atoms with van der Waals surface area (Å²) >= 11 is 0. The molecule has 0 aliphatic rings. The Balaban J connectivity index is 2.15. The van der Waals surface area contributed by atoms with Gasteiger partial charge in [-0.3, -0.25) is 9.40 Å². The largest absolute Gasteiger partial charge is 0.379 e. The lowest BCUT2D eigenvalue weighted by molar-refractivity contribution is 0.607. The van der Waals surface area contributed by atoms with E-state index in [1.54, 1.807) is 16.8 Å². The topological polar surface area (TPSA) is 76.0 Å². The molecule has 1 aromatic carbocycles. The fourth-order valence-electron chi connectivity index (χ4n) is 1.94. The van der Waals surface area contributed by atoms with E-state index >= 15 is 0 Å². The van der Waals surface area contributed by atoms with Gasteiger partial charge in [-0.2, -0.15) is 5.10 Å². The summed E-state index contributed by atoms with van der Waals surface area (Å²) in [4.78, 5) is 0. The summed E-state index contributed by atoms with van der Waals surface area (Å²) in [6.07, 6.45) is 3.07. The SMILES string of the molecule is Cc1nn(C)cc1CNc1ccccc1NS(C)(=O)=O. The lowest BCUT2D eigenvalue weighted by atomic mass is 10.2. The highest BCUT2D eigenvalue weighted by molar-refractivity contribution is 7.92. The Morgan fingerprint density at radius 3 is 2.45 bits per heavy atom. The van der Waals surface area contributed by atoms with Crippen LogP contribution in [0.4, 0.5) is 11.4 Å². The Labute approximate surface area is 118 Å². The minimum atomic E-state index is -3.29. The van der Waals surface area contributed by atoms with Crippen LogP contribution in [0.3, 0.4) is 0 Å². The van der Waals surface area contributed by atoms with Gasteiger partial charge in [0.2, 0.25) is 10.0 Å². The van der Waals surface area contributed by atoms with Crippen molar-refractivity contribution in [1.82, 2.24) is 9.78 Å². The summed E-state index contributed by atoms with van der Waals surface area (Å²) in [5.74, 6) is 0. The molecule has 6 nitrogen and oxygen atoms in total. The second-order valence-electron chi connectivity index (χ2n) is 4.69. The van der Waals surface area contributed by atoms with Crippen LogP contribution in [0.2, 0.25) is 0 Å². The second kappa shape index (κ2) is 5.54. The molecule has 2 aromatic rings. The molecule has 0 saturated heterocycles. The van der Waals surface area contributed by atoms with Crippen molar-refractivity contribution in [1.29, 1.82) is 0 Å². The molecular formula is C13H18N4O2S. The number of anilines is 2. The molecule has 0 radical (unpaired) electrons. The van der Waals surface area contributed by atoms with Crippen molar-refractivity contribution in [3.63, 3.8) is 0 Å². The van der Waals surface area contributed by atoms with Crippen LogP contribution in [0.1, 0.15) is 11.3 Å². The first kappa shape index (κ1) is 14.4. The molecule has 0 amide bonds. The fraction of sp³-hybridized carbons (Fsp3) is 0.308. The summed E-state index contributed by atoms with van der Waals surface area (Å²) in [5, 5.41) is 7.50. The monoisotopic (exact) mass is 294 g/mol. The van der Waals surface area contributed by atoms with Crippen LogP contribution in [0.5, 0.6) is 0 Å². The fourth-order valence-corrected chi connectivity index (χ4v) is 2.52. The van der Waals surface area contributed by atoms with Gasteiger partial charge >= 0.3 is 0 Å². The number of para-hydroxylation sites is 2. The van der Waals surface area contributed by atoms with Crippen LogP contribution in [0.15, 0.2) is 30.5 Å². The van der Waals surface area contributed by atoms with Crippen molar-refractivity contribution in [2.24, 2.45) is 7.05 Å². The van der Waals surface area contributed by atoms with Crippen molar-refractivity contribution < 1.29 is 8.42 Å². The van der Waals surface area contributed by atoms with Crippen LogP contribution >= 0.6 is 0 Å². The van der Waals surface area contributed by atoms with Gasteiger partial charge in [-0.15, -0.1) is 0 Å². The zero-order valence-corrected chi connectivity index (χ0v) is 12.5. The van der Waals surface area contributed by atoms with Gasteiger partial charge in [0.15, 0.2) is 0 Å². The van der Waals surface area contributed by atoms with Crippen molar-refractivity contribution in [2.75, 3.05) is 16.3 Å². The summed E-state index contributed by atoms with van der Waals surface area (Å²) in [7, 11) is -1.42. The zero-order valence-electron chi connectivity index (χ0n) is 11.7. The summed E-state index contributed by atoms with van der Waals surface area (Å²) < 4.78 is 26.9. The van der Waals surface area contributed by atoms with E-state index in [-0.39, 0.29) is 0 Å². The molecule has 0 atom stereocenters. The first-order chi connectivity index (χ1) is 9.35. The van der Waals surface area contributed by atoms with Crippen LogP contribution in [0, 0.1) is 6.92 Å². The van der Waals surface area contributed by atoms with Gasteiger partial charge in [-0.05, 0) is 19.1 Å². The molecule has 0 aliphatic carbocycles. The molecule has 108 valence electrons. The van der Waals surface area contributed by atoms with Crippen LogP contribution < -0.4 is 10.0 Å². The van der Waals surface area contributed by atoms with E-state index in [9.17, 15) is 8.42 Å². The molecule has 0 saturated carbocycles. The molecular weight excluding hydrogens is 276 g/mol. The Morgan fingerprint density at radius 1 is 1.25 bits per heavy atom. The third-order valence-corrected chi connectivity index (χ3v) is 3.40. The molecule has 1 aromatic heterocycles. The van der Waals surface area contributed by atoms with E-state index in [0.29, 0.717) is 12.2 Å². The van der Waals surface area contributed by atoms with Crippen molar-refractivity contribution in [2.45, 2.75) is 13.5 Å². The number of aromatic nitrogens is 2. The molecule has 7 heteroatoms. The molecule has 20 heavy (non-hydrogen) atoms. The smallest absolute Gasteiger partial charge is 0.229 e. The van der Waals surface area contributed by atoms with Gasteiger partial charge in [0.25, 0.3) is 0 Å². The second-order valence-corrected chi connectivity index (χ2v) is 6.44. The molecule has 0 aliphatic heterocycles. The Kier molecular flexibility index (Phi) is 3.99. The Bertz CT molecular complexity index is 707. The first-order valence-corrected chi connectivity index (χ1v) is 8.04. The minimum Gasteiger partial charge on any atom is -0.379 e. The lowest BCUT2D eigenvalue weighted by Crippen LogP contribution is -2.12. The number of sulfonamides is 1. The standard InChI is InChI=1S/C13H18N4O2S/c1-10-11(9-17(2)15-10)8-14-12-6-4-5-7-13(12)16-20(3,18)19/h4-7,9,14,16H,8H2,1-3H3. The Morgan fingerprint density at radius 2 is 1.90 bits per heavy atom. The Hall–Kier alpha value is -2.02. The quantitative estimate of drug-likeness (QED) is 0.880. The molecule has 2 N–H and O–H groups in total. The number of rotatable bonds is 5. The summed E-state index contributed by atoms with van der Waals surface area (Å²) in [6, 6.07) is 7.19. The number of hydrogen-bond acceptors (Lipinski definition) is 4. The van der Waals surface area contributed by atoms with E-state index in [4.69, 9.17) is 0 Å². The maximum Gasteiger partial charge on any atom is 0.229 e. The van der Waals surface area contributed by atoms with E-state index < -0.39 is 10.0 Å². The molecule has 2 rings (SSSR count). The molecule has 0 bridgehead atoms. The predicted molar refractivity (Wildman–Crippen MR) is 80.2 cm³/mol. The van der Waals surface area contributed by atoms with Crippen LogP contribution in [-0.2, 0) is 23.6 Å². The van der Waals surface area contributed by atoms with Crippen molar-refractivity contribution in [3.05, 3.63) is 41.7 Å².